The highest BCUT2D eigenvalue weighted by atomic mass is 127. The lowest BCUT2D eigenvalue weighted by atomic mass is 10.1. The fraction of sp³-hybridized carbons (Fsp3) is 0.882. The van der Waals surface area contributed by atoms with E-state index in [0.29, 0.717) is 12.0 Å². The molecular formula is C17H36IN5O. The van der Waals surface area contributed by atoms with Crippen molar-refractivity contribution in [2.75, 3.05) is 46.8 Å². The van der Waals surface area contributed by atoms with E-state index >= 15 is 0 Å². The van der Waals surface area contributed by atoms with Crippen LogP contribution in [0.25, 0.3) is 0 Å². The van der Waals surface area contributed by atoms with Gasteiger partial charge >= 0.3 is 0 Å². The maximum atomic E-state index is 11.7. The number of likely N-dealkylation sites (tertiary alicyclic amines) is 1. The molecule has 0 aromatic carbocycles. The van der Waals surface area contributed by atoms with E-state index in [-0.39, 0.29) is 36.4 Å². The van der Waals surface area contributed by atoms with Crippen molar-refractivity contribution in [1.82, 2.24) is 20.4 Å². The van der Waals surface area contributed by atoms with Crippen LogP contribution in [0.3, 0.4) is 0 Å². The number of halogens is 1. The predicted octanol–water partition coefficient (Wildman–Crippen LogP) is 1.76. The zero-order chi connectivity index (χ0) is 17.2. The first-order valence-electron chi connectivity index (χ1n) is 8.89. The van der Waals surface area contributed by atoms with Gasteiger partial charge in [0.2, 0.25) is 5.91 Å². The van der Waals surface area contributed by atoms with E-state index in [1.165, 1.54) is 13.0 Å². The molecule has 1 aliphatic rings. The molecule has 0 atom stereocenters. The molecule has 0 aliphatic carbocycles. The zero-order valence-electron chi connectivity index (χ0n) is 16.0. The van der Waals surface area contributed by atoms with Gasteiger partial charge in [0.1, 0.15) is 6.54 Å². The second-order valence-electron chi connectivity index (χ2n) is 6.99. The van der Waals surface area contributed by atoms with Crippen LogP contribution in [0.1, 0.15) is 40.0 Å². The third-order valence-electron chi connectivity index (χ3n) is 4.02. The van der Waals surface area contributed by atoms with Gasteiger partial charge in [-0.1, -0.05) is 20.8 Å². The monoisotopic (exact) mass is 453 g/mol. The van der Waals surface area contributed by atoms with Gasteiger partial charge in [0.25, 0.3) is 0 Å². The van der Waals surface area contributed by atoms with Crippen LogP contribution in [0.15, 0.2) is 4.99 Å². The van der Waals surface area contributed by atoms with E-state index in [1.54, 1.807) is 19.0 Å². The van der Waals surface area contributed by atoms with Gasteiger partial charge in [0, 0.05) is 39.8 Å². The highest BCUT2D eigenvalue weighted by Gasteiger charge is 2.19. The fourth-order valence-corrected chi connectivity index (χ4v) is 2.55. The van der Waals surface area contributed by atoms with E-state index < -0.39 is 0 Å². The number of hydrogen-bond acceptors (Lipinski definition) is 3. The Labute approximate surface area is 164 Å². The van der Waals surface area contributed by atoms with E-state index in [1.807, 2.05) is 0 Å². The SMILES string of the molecule is CCCN1CCC(NC(=NCC(=O)N(C)C)NCC(C)C)CC1.I. The van der Waals surface area contributed by atoms with Gasteiger partial charge in [-0.25, -0.2) is 4.99 Å². The summed E-state index contributed by atoms with van der Waals surface area (Å²) in [5, 5.41) is 6.86. The van der Waals surface area contributed by atoms with E-state index in [4.69, 9.17) is 0 Å². The van der Waals surface area contributed by atoms with Gasteiger partial charge in [-0.2, -0.15) is 0 Å². The first kappa shape index (κ1) is 23.4. The maximum absolute atomic E-state index is 11.7. The van der Waals surface area contributed by atoms with Crippen LogP contribution in [0.4, 0.5) is 0 Å². The maximum Gasteiger partial charge on any atom is 0.243 e. The number of nitrogens with one attached hydrogen (secondary N) is 2. The van der Waals surface area contributed by atoms with Crippen molar-refractivity contribution < 1.29 is 4.79 Å². The van der Waals surface area contributed by atoms with Crippen LogP contribution in [0, 0.1) is 5.92 Å². The number of hydrogen-bond donors (Lipinski definition) is 2. The Morgan fingerprint density at radius 2 is 1.92 bits per heavy atom. The number of guanidine groups is 1. The Morgan fingerprint density at radius 1 is 1.29 bits per heavy atom. The van der Waals surface area contributed by atoms with Crippen molar-refractivity contribution >= 4 is 35.8 Å². The van der Waals surface area contributed by atoms with Crippen LogP contribution >= 0.6 is 24.0 Å². The summed E-state index contributed by atoms with van der Waals surface area (Å²) in [5.41, 5.74) is 0. The summed E-state index contributed by atoms with van der Waals surface area (Å²) in [6.07, 6.45) is 3.47. The molecule has 0 bridgehead atoms. The minimum Gasteiger partial charge on any atom is -0.356 e. The molecule has 0 unspecified atom stereocenters. The molecule has 1 saturated heterocycles. The van der Waals surface area contributed by atoms with Crippen molar-refractivity contribution in [3.8, 4) is 0 Å². The minimum atomic E-state index is 0. The van der Waals surface area contributed by atoms with Crippen LogP contribution in [-0.2, 0) is 4.79 Å². The van der Waals surface area contributed by atoms with Crippen LogP contribution < -0.4 is 10.6 Å². The Bertz CT molecular complexity index is 379. The number of piperidine rings is 1. The second-order valence-corrected chi connectivity index (χ2v) is 6.99. The number of amides is 1. The summed E-state index contributed by atoms with van der Waals surface area (Å²) < 4.78 is 0. The largest absolute Gasteiger partial charge is 0.356 e. The van der Waals surface area contributed by atoms with Crippen LogP contribution in [0.5, 0.6) is 0 Å². The normalized spacial score (nSPS) is 16.7. The molecule has 2 N–H and O–H groups in total. The van der Waals surface area contributed by atoms with Crippen molar-refractivity contribution in [3.63, 3.8) is 0 Å². The van der Waals surface area contributed by atoms with Crippen LogP contribution in [0.2, 0.25) is 0 Å². The molecule has 0 spiro atoms. The smallest absolute Gasteiger partial charge is 0.243 e. The number of carbonyl (C=O) groups excluding carboxylic acids is 1. The summed E-state index contributed by atoms with van der Waals surface area (Å²) in [5.74, 6) is 1.33. The van der Waals surface area contributed by atoms with Crippen molar-refractivity contribution in [2.24, 2.45) is 10.9 Å². The van der Waals surface area contributed by atoms with E-state index in [9.17, 15) is 4.79 Å². The molecule has 0 radical (unpaired) electrons. The summed E-state index contributed by atoms with van der Waals surface area (Å²) in [6, 6.07) is 0.441. The molecule has 1 amide bonds. The van der Waals surface area contributed by atoms with Crippen molar-refractivity contribution in [3.05, 3.63) is 0 Å². The Hall–Kier alpha value is -0.570. The first-order valence-corrected chi connectivity index (χ1v) is 8.89. The third kappa shape index (κ3) is 9.66. The molecule has 0 saturated carbocycles. The zero-order valence-corrected chi connectivity index (χ0v) is 18.3. The summed E-state index contributed by atoms with van der Waals surface area (Å²) in [7, 11) is 3.52. The lowest BCUT2D eigenvalue weighted by Gasteiger charge is -2.33. The fourth-order valence-electron chi connectivity index (χ4n) is 2.55. The first-order chi connectivity index (χ1) is 10.9. The van der Waals surface area contributed by atoms with Gasteiger partial charge in [0.05, 0.1) is 0 Å². The molecule has 1 rings (SSSR count). The molecule has 1 aliphatic heterocycles. The third-order valence-corrected chi connectivity index (χ3v) is 4.02. The van der Waals surface area contributed by atoms with E-state index in [2.05, 4.69) is 41.3 Å². The molecule has 1 fully saturated rings. The molecule has 1 heterocycles. The quantitative estimate of drug-likeness (QED) is 0.351. The lowest BCUT2D eigenvalue weighted by Crippen LogP contribution is -2.49. The molecule has 0 aromatic heterocycles. The standard InChI is InChI=1S/C17H35N5O.HI/c1-6-9-22-10-7-15(8-11-22)20-17(18-12-14(2)3)19-13-16(23)21(4)5;/h14-15H,6-13H2,1-5H3,(H2,18,19,20);1H. The summed E-state index contributed by atoms with van der Waals surface area (Å²) >= 11 is 0. The molecule has 6 nitrogen and oxygen atoms in total. The molecule has 142 valence electrons. The van der Waals surface area contributed by atoms with E-state index in [0.717, 1.165) is 38.4 Å². The van der Waals surface area contributed by atoms with Crippen LogP contribution in [-0.4, -0.2) is 74.5 Å². The van der Waals surface area contributed by atoms with Gasteiger partial charge in [-0.15, -0.1) is 24.0 Å². The molecule has 24 heavy (non-hydrogen) atoms. The highest BCUT2D eigenvalue weighted by Crippen LogP contribution is 2.10. The van der Waals surface area contributed by atoms with Crippen molar-refractivity contribution in [1.29, 1.82) is 0 Å². The van der Waals surface area contributed by atoms with Gasteiger partial charge in [-0.3, -0.25) is 4.79 Å². The molecule has 7 heteroatoms. The number of aliphatic imine (C=N–C) groups is 1. The minimum absolute atomic E-state index is 0. The number of rotatable bonds is 7. The lowest BCUT2D eigenvalue weighted by molar-refractivity contribution is -0.127. The topological polar surface area (TPSA) is 60.0 Å². The average molecular weight is 453 g/mol. The van der Waals surface area contributed by atoms with Gasteiger partial charge in [0.15, 0.2) is 5.96 Å². The molecular weight excluding hydrogens is 417 g/mol. The number of nitrogens with zero attached hydrogens (tertiary/aromatic N) is 3. The summed E-state index contributed by atoms with van der Waals surface area (Å²) in [6.45, 7) is 11.1. The highest BCUT2D eigenvalue weighted by molar-refractivity contribution is 14.0. The number of likely N-dealkylation sites (N-methyl/N-ethyl adjacent to an activating group) is 1. The summed E-state index contributed by atoms with van der Waals surface area (Å²) in [4.78, 5) is 20.3. The predicted molar refractivity (Wildman–Crippen MR) is 112 cm³/mol. The Balaban J connectivity index is 0.00000529. The molecule has 0 aromatic rings. The van der Waals surface area contributed by atoms with Crippen molar-refractivity contribution in [2.45, 2.75) is 46.1 Å². The second kappa shape index (κ2) is 12.7. The average Bonchev–Trinajstić information content (AvgIpc) is 2.51. The Kier molecular flexibility index (Phi) is 12.4. The number of carbonyl (C=O) groups is 1. The van der Waals surface area contributed by atoms with Gasteiger partial charge < -0.3 is 20.4 Å². The van der Waals surface area contributed by atoms with Gasteiger partial charge in [-0.05, 0) is 31.7 Å². The Morgan fingerprint density at radius 3 is 2.42 bits per heavy atom.